The Morgan fingerprint density at radius 1 is 1.02 bits per heavy atom. The molecule has 2 fully saturated rings. The molecule has 2 aliphatic rings. The molecule has 1 saturated carbocycles. The molecule has 1 aliphatic heterocycles. The molecular weight excluding hydrogens is 598 g/mol. The predicted molar refractivity (Wildman–Crippen MR) is 166 cm³/mol. The third-order valence-corrected chi connectivity index (χ3v) is 8.45. The summed E-state index contributed by atoms with van der Waals surface area (Å²) in [5.74, 6) is -1.90. The van der Waals surface area contributed by atoms with Crippen LogP contribution in [-0.4, -0.2) is 68.3 Å². The fraction of sp³-hybridized carbons (Fsp3) is 0.324. The molecule has 0 bridgehead atoms. The van der Waals surface area contributed by atoms with E-state index in [0.29, 0.717) is 46.0 Å². The van der Waals surface area contributed by atoms with Crippen LogP contribution in [0.5, 0.6) is 23.0 Å². The number of nitrogens with one attached hydrogen (secondary N) is 1. The number of carbonyl (C=O) groups is 2. The van der Waals surface area contributed by atoms with Crippen molar-refractivity contribution in [3.63, 3.8) is 0 Å². The fourth-order valence-electron chi connectivity index (χ4n) is 5.80. The zero-order valence-corrected chi connectivity index (χ0v) is 25.3. The molecular formula is C34H34F2N4O6. The number of rotatable bonds is 12. The zero-order chi connectivity index (χ0) is 32.3. The van der Waals surface area contributed by atoms with Crippen LogP contribution in [-0.2, 0) is 14.3 Å². The standard InChI is InChI=1S/C34H34F2N4O6/c1-43-30-18-24-27(19-31(30)45-14-2-11-40-12-15-44-16-13-40)38-10-9-28(24)46-29-8-3-21(17-26(29)36)25-20-34(25,32(37)41)33(42)39-23-6-4-22(35)5-7-23/h3-10,17-19,25H,2,11-16,20H2,1H3,(H2,37,41)(H,39,42)/t25?,34-/m1/s1. The second-order valence-corrected chi connectivity index (χ2v) is 11.3. The Balaban J connectivity index is 1.15. The second kappa shape index (κ2) is 13.3. The average Bonchev–Trinajstić information content (AvgIpc) is 3.83. The molecule has 0 spiro atoms. The molecule has 240 valence electrons. The van der Waals surface area contributed by atoms with E-state index in [9.17, 15) is 14.0 Å². The molecule has 12 heteroatoms. The van der Waals surface area contributed by atoms with Gasteiger partial charge in [0.2, 0.25) is 11.8 Å². The van der Waals surface area contributed by atoms with Gasteiger partial charge >= 0.3 is 0 Å². The van der Waals surface area contributed by atoms with Crippen molar-refractivity contribution in [3.05, 3.63) is 84.1 Å². The number of hydrogen-bond acceptors (Lipinski definition) is 8. The van der Waals surface area contributed by atoms with Crippen LogP contribution in [0.15, 0.2) is 66.9 Å². The first kappa shape index (κ1) is 31.2. The largest absolute Gasteiger partial charge is 0.493 e. The molecule has 3 aromatic carbocycles. The molecule has 1 saturated heterocycles. The minimum Gasteiger partial charge on any atom is -0.493 e. The van der Waals surface area contributed by atoms with E-state index < -0.39 is 34.8 Å². The highest BCUT2D eigenvalue weighted by molar-refractivity contribution is 6.14. The summed E-state index contributed by atoms with van der Waals surface area (Å²) < 4.78 is 51.7. The number of methoxy groups -OCH3 is 1. The number of nitrogens with two attached hydrogens (primary N) is 1. The minimum absolute atomic E-state index is 0.0558. The number of fused-ring (bicyclic) bond motifs is 1. The Bertz CT molecular complexity index is 1750. The maximum absolute atomic E-state index is 15.4. The summed E-state index contributed by atoms with van der Waals surface area (Å²) in [4.78, 5) is 32.3. The Morgan fingerprint density at radius 2 is 1.80 bits per heavy atom. The molecule has 1 unspecified atom stereocenters. The monoisotopic (exact) mass is 632 g/mol. The highest BCUT2D eigenvalue weighted by Gasteiger charge is 2.65. The quantitative estimate of drug-likeness (QED) is 0.165. The van der Waals surface area contributed by atoms with Crippen molar-refractivity contribution in [2.45, 2.75) is 18.8 Å². The van der Waals surface area contributed by atoms with Crippen molar-refractivity contribution in [3.8, 4) is 23.0 Å². The topological polar surface area (TPSA) is 125 Å². The molecule has 2 amide bonds. The number of aromatic nitrogens is 1. The van der Waals surface area contributed by atoms with E-state index in [-0.39, 0.29) is 12.2 Å². The summed E-state index contributed by atoms with van der Waals surface area (Å²) in [6.07, 6.45) is 2.51. The third kappa shape index (κ3) is 6.44. The molecule has 2 atom stereocenters. The number of anilines is 1. The first-order valence-electron chi connectivity index (χ1n) is 15.0. The van der Waals surface area contributed by atoms with Crippen LogP contribution in [0.4, 0.5) is 14.5 Å². The van der Waals surface area contributed by atoms with E-state index in [1.165, 1.54) is 36.4 Å². The normalized spacial score (nSPS) is 19.4. The number of morpholine rings is 1. The van der Waals surface area contributed by atoms with E-state index >= 15 is 4.39 Å². The van der Waals surface area contributed by atoms with Crippen molar-refractivity contribution in [1.82, 2.24) is 9.88 Å². The van der Waals surface area contributed by atoms with Crippen LogP contribution in [0.25, 0.3) is 10.9 Å². The number of carbonyl (C=O) groups excluding carboxylic acids is 2. The highest BCUT2D eigenvalue weighted by Crippen LogP contribution is 2.60. The van der Waals surface area contributed by atoms with Gasteiger partial charge in [-0.3, -0.25) is 19.5 Å². The van der Waals surface area contributed by atoms with Gasteiger partial charge in [-0.25, -0.2) is 8.78 Å². The number of ether oxygens (including phenoxy) is 4. The van der Waals surface area contributed by atoms with Crippen LogP contribution in [0.3, 0.4) is 0 Å². The van der Waals surface area contributed by atoms with Gasteiger partial charge in [0.25, 0.3) is 0 Å². The third-order valence-electron chi connectivity index (χ3n) is 8.45. The number of benzene rings is 3. The number of amides is 2. The lowest BCUT2D eigenvalue weighted by Gasteiger charge is -2.26. The lowest BCUT2D eigenvalue weighted by Crippen LogP contribution is -2.37. The predicted octanol–water partition coefficient (Wildman–Crippen LogP) is 5.01. The summed E-state index contributed by atoms with van der Waals surface area (Å²) in [5, 5.41) is 3.21. The van der Waals surface area contributed by atoms with Crippen LogP contribution >= 0.6 is 0 Å². The van der Waals surface area contributed by atoms with Crippen LogP contribution in [0.2, 0.25) is 0 Å². The fourth-order valence-corrected chi connectivity index (χ4v) is 5.80. The smallest absolute Gasteiger partial charge is 0.240 e. The summed E-state index contributed by atoms with van der Waals surface area (Å²) in [7, 11) is 1.54. The van der Waals surface area contributed by atoms with Gasteiger partial charge in [0.15, 0.2) is 23.1 Å². The van der Waals surface area contributed by atoms with E-state index in [0.717, 1.165) is 39.3 Å². The van der Waals surface area contributed by atoms with Crippen molar-refractivity contribution >= 4 is 28.4 Å². The van der Waals surface area contributed by atoms with Crippen molar-refractivity contribution in [2.24, 2.45) is 11.1 Å². The Labute approximate surface area is 264 Å². The van der Waals surface area contributed by atoms with E-state index in [2.05, 4.69) is 15.2 Å². The molecule has 0 radical (unpaired) electrons. The van der Waals surface area contributed by atoms with Crippen molar-refractivity contribution < 1.29 is 37.3 Å². The lowest BCUT2D eigenvalue weighted by molar-refractivity contribution is -0.132. The molecule has 10 nitrogen and oxygen atoms in total. The summed E-state index contributed by atoms with van der Waals surface area (Å²) in [6, 6.07) is 14.6. The SMILES string of the molecule is COc1cc2c(Oc3ccc(C4C[C@@]4(C(N)=O)C(=O)Nc4ccc(F)cc4)cc3F)ccnc2cc1OCCCN1CCOCC1. The Morgan fingerprint density at radius 3 is 2.52 bits per heavy atom. The molecule has 1 aromatic heterocycles. The van der Waals surface area contributed by atoms with Crippen molar-refractivity contribution in [1.29, 1.82) is 0 Å². The number of nitrogens with zero attached hydrogens (tertiary/aromatic N) is 2. The van der Waals surface area contributed by atoms with Gasteiger partial charge in [0.05, 0.1) is 32.4 Å². The van der Waals surface area contributed by atoms with Gasteiger partial charge < -0.3 is 30.0 Å². The Hall–Kier alpha value is -4.81. The van der Waals surface area contributed by atoms with Crippen LogP contribution in [0, 0.1) is 17.0 Å². The maximum Gasteiger partial charge on any atom is 0.240 e. The van der Waals surface area contributed by atoms with Gasteiger partial charge in [-0.15, -0.1) is 0 Å². The summed E-state index contributed by atoms with van der Waals surface area (Å²) in [6.45, 7) is 4.74. The molecule has 6 rings (SSSR count). The Kier molecular flexibility index (Phi) is 9.00. The van der Waals surface area contributed by atoms with E-state index in [1.54, 1.807) is 37.6 Å². The van der Waals surface area contributed by atoms with Crippen LogP contribution < -0.4 is 25.3 Å². The zero-order valence-electron chi connectivity index (χ0n) is 25.3. The first-order chi connectivity index (χ1) is 22.3. The number of primary amides is 1. The van der Waals surface area contributed by atoms with Crippen molar-refractivity contribution in [2.75, 3.05) is 51.9 Å². The molecule has 3 N–H and O–H groups in total. The van der Waals surface area contributed by atoms with Gasteiger partial charge in [-0.05, 0) is 66.9 Å². The average molecular weight is 633 g/mol. The second-order valence-electron chi connectivity index (χ2n) is 11.3. The number of halogens is 2. The van der Waals surface area contributed by atoms with Crippen LogP contribution in [0.1, 0.15) is 24.3 Å². The van der Waals surface area contributed by atoms with E-state index in [1.807, 2.05) is 0 Å². The molecule has 1 aliphatic carbocycles. The minimum atomic E-state index is -1.55. The summed E-state index contributed by atoms with van der Waals surface area (Å²) >= 11 is 0. The molecule has 4 aromatic rings. The van der Waals surface area contributed by atoms with Gasteiger partial charge in [-0.2, -0.15) is 0 Å². The van der Waals surface area contributed by atoms with Gasteiger partial charge in [0.1, 0.15) is 17.0 Å². The highest BCUT2D eigenvalue weighted by atomic mass is 19.1. The van der Waals surface area contributed by atoms with Gasteiger partial charge in [0, 0.05) is 48.9 Å². The molecule has 2 heterocycles. The number of pyridine rings is 1. The first-order valence-corrected chi connectivity index (χ1v) is 15.0. The van der Waals surface area contributed by atoms with E-state index in [4.69, 9.17) is 24.7 Å². The maximum atomic E-state index is 15.4. The van der Waals surface area contributed by atoms with Gasteiger partial charge in [-0.1, -0.05) is 6.07 Å². The molecule has 46 heavy (non-hydrogen) atoms. The lowest BCUT2D eigenvalue weighted by atomic mass is 9.96. The number of hydrogen-bond donors (Lipinski definition) is 2. The summed E-state index contributed by atoms with van der Waals surface area (Å²) in [5.41, 5.74) is 5.42.